The minimum Gasteiger partial charge on any atom is -0.441 e. The van der Waals surface area contributed by atoms with Crippen LogP contribution in [0.1, 0.15) is 11.5 Å². The average Bonchev–Trinajstić information content (AvgIpc) is 3.05. The summed E-state index contributed by atoms with van der Waals surface area (Å²) in [5.74, 6) is 1.43. The number of likely N-dealkylation sites (tertiary alicyclic amines) is 1. The summed E-state index contributed by atoms with van der Waals surface area (Å²) in [6, 6.07) is 2.83. The van der Waals surface area contributed by atoms with Crippen molar-refractivity contribution in [3.8, 4) is 11.5 Å². The number of aromatic nitrogens is 1. The fourth-order valence-electron chi connectivity index (χ4n) is 2.81. The number of carbonyl (C=O) groups excluding carboxylic acids is 1. The fraction of sp³-hybridized carbons (Fsp3) is 0.500. The zero-order chi connectivity index (χ0) is 15.8. The predicted octanol–water partition coefficient (Wildman–Crippen LogP) is 1.45. The molecule has 0 saturated carbocycles. The Hall–Kier alpha value is -1.70. The highest BCUT2D eigenvalue weighted by atomic mass is 32.1. The molecule has 7 heteroatoms. The van der Waals surface area contributed by atoms with Crippen molar-refractivity contribution < 1.29 is 13.9 Å². The largest absolute Gasteiger partial charge is 0.441 e. The minimum atomic E-state index is 0.112. The Morgan fingerprint density at radius 1 is 1.43 bits per heavy atom. The van der Waals surface area contributed by atoms with Gasteiger partial charge in [-0.3, -0.25) is 4.79 Å². The quantitative estimate of drug-likeness (QED) is 0.897. The first-order valence-corrected chi connectivity index (χ1v) is 8.74. The molecule has 1 N–H and O–H groups in total. The van der Waals surface area contributed by atoms with Gasteiger partial charge in [-0.1, -0.05) is 0 Å². The Bertz CT molecular complexity index is 687. The summed E-state index contributed by atoms with van der Waals surface area (Å²) in [5, 5.41) is 7.46. The van der Waals surface area contributed by atoms with E-state index in [1.165, 1.54) is 0 Å². The second-order valence-corrected chi connectivity index (χ2v) is 6.89. The lowest BCUT2D eigenvalue weighted by Gasteiger charge is -2.43. The van der Waals surface area contributed by atoms with E-state index in [2.05, 4.69) is 10.3 Å². The van der Waals surface area contributed by atoms with Gasteiger partial charge < -0.3 is 19.4 Å². The van der Waals surface area contributed by atoms with Gasteiger partial charge in [-0.05, 0) is 18.4 Å². The standard InChI is InChI=1S/C16H19N3O3S/c1-10-14(18-16(22-10)11-2-3-23-9-11)4-15(20)19-5-12(6-19)17-13-7-21-8-13/h2-3,9,12-13,17H,4-8H2,1H3. The summed E-state index contributed by atoms with van der Waals surface area (Å²) in [6.07, 6.45) is 0.304. The van der Waals surface area contributed by atoms with Crippen molar-refractivity contribution in [2.24, 2.45) is 0 Å². The van der Waals surface area contributed by atoms with Crippen LogP contribution >= 0.6 is 11.3 Å². The van der Waals surface area contributed by atoms with Crippen LogP contribution in [0.5, 0.6) is 0 Å². The molecule has 0 aliphatic carbocycles. The Kier molecular flexibility index (Phi) is 3.92. The molecule has 2 aliphatic heterocycles. The normalized spacial score (nSPS) is 18.7. The van der Waals surface area contributed by atoms with Crippen molar-refractivity contribution in [1.82, 2.24) is 15.2 Å². The molecule has 23 heavy (non-hydrogen) atoms. The van der Waals surface area contributed by atoms with Crippen molar-refractivity contribution in [3.63, 3.8) is 0 Å². The molecule has 122 valence electrons. The zero-order valence-electron chi connectivity index (χ0n) is 12.9. The molecule has 2 saturated heterocycles. The Morgan fingerprint density at radius 2 is 2.26 bits per heavy atom. The lowest BCUT2D eigenvalue weighted by atomic mass is 10.1. The monoisotopic (exact) mass is 333 g/mol. The SMILES string of the molecule is Cc1oc(-c2ccsc2)nc1CC(=O)N1CC(NC2COC2)C1. The van der Waals surface area contributed by atoms with Crippen LogP contribution < -0.4 is 5.32 Å². The highest BCUT2D eigenvalue weighted by Gasteiger charge is 2.34. The topological polar surface area (TPSA) is 67.6 Å². The highest BCUT2D eigenvalue weighted by molar-refractivity contribution is 7.08. The Morgan fingerprint density at radius 3 is 2.91 bits per heavy atom. The molecule has 6 nitrogen and oxygen atoms in total. The van der Waals surface area contributed by atoms with Gasteiger partial charge in [0.1, 0.15) is 5.76 Å². The third-order valence-electron chi connectivity index (χ3n) is 4.32. The van der Waals surface area contributed by atoms with Crippen LogP contribution in [-0.2, 0) is 16.0 Å². The van der Waals surface area contributed by atoms with E-state index in [9.17, 15) is 4.79 Å². The van der Waals surface area contributed by atoms with Crippen LogP contribution in [0.2, 0.25) is 0 Å². The van der Waals surface area contributed by atoms with Crippen molar-refractivity contribution in [1.29, 1.82) is 0 Å². The molecule has 0 radical (unpaired) electrons. The maximum Gasteiger partial charge on any atom is 0.228 e. The first-order valence-electron chi connectivity index (χ1n) is 7.79. The van der Waals surface area contributed by atoms with E-state index in [-0.39, 0.29) is 5.91 Å². The number of nitrogens with zero attached hydrogens (tertiary/aromatic N) is 2. The van der Waals surface area contributed by atoms with E-state index in [1.54, 1.807) is 11.3 Å². The van der Waals surface area contributed by atoms with Gasteiger partial charge in [0.15, 0.2) is 0 Å². The summed E-state index contributed by atoms with van der Waals surface area (Å²) in [7, 11) is 0. The fourth-order valence-corrected chi connectivity index (χ4v) is 3.44. The molecule has 0 atom stereocenters. The summed E-state index contributed by atoms with van der Waals surface area (Å²) in [5.41, 5.74) is 1.70. The molecule has 2 fully saturated rings. The van der Waals surface area contributed by atoms with Gasteiger partial charge in [0.25, 0.3) is 0 Å². The average molecular weight is 333 g/mol. The summed E-state index contributed by atoms with van der Waals surface area (Å²) in [6.45, 7) is 4.97. The first-order chi connectivity index (χ1) is 11.2. The second kappa shape index (κ2) is 6.07. The van der Waals surface area contributed by atoms with Crippen LogP contribution in [0, 0.1) is 6.92 Å². The van der Waals surface area contributed by atoms with Gasteiger partial charge in [0.2, 0.25) is 11.8 Å². The molecule has 2 aromatic rings. The summed E-state index contributed by atoms with van der Waals surface area (Å²) >= 11 is 1.60. The molecule has 1 amide bonds. The molecule has 0 spiro atoms. The van der Waals surface area contributed by atoms with E-state index in [4.69, 9.17) is 9.15 Å². The van der Waals surface area contributed by atoms with E-state index >= 15 is 0 Å². The molecular formula is C16H19N3O3S. The van der Waals surface area contributed by atoms with Crippen LogP contribution in [0.25, 0.3) is 11.5 Å². The van der Waals surface area contributed by atoms with Crippen LogP contribution in [0.15, 0.2) is 21.2 Å². The molecule has 2 aliphatic rings. The lowest BCUT2D eigenvalue weighted by Crippen LogP contribution is -2.64. The van der Waals surface area contributed by atoms with Gasteiger partial charge in [-0.2, -0.15) is 11.3 Å². The maximum absolute atomic E-state index is 12.4. The number of thiophene rings is 1. The van der Waals surface area contributed by atoms with Crippen LogP contribution in [-0.4, -0.2) is 54.2 Å². The molecule has 2 aromatic heterocycles. The Labute approximate surface area is 138 Å². The number of nitrogens with one attached hydrogen (secondary N) is 1. The predicted molar refractivity (Wildman–Crippen MR) is 86.4 cm³/mol. The molecular weight excluding hydrogens is 314 g/mol. The third kappa shape index (κ3) is 3.04. The number of rotatable bonds is 5. The van der Waals surface area contributed by atoms with Crippen LogP contribution in [0.3, 0.4) is 0 Å². The number of amides is 1. The van der Waals surface area contributed by atoms with Gasteiger partial charge in [0.05, 0.1) is 31.4 Å². The van der Waals surface area contributed by atoms with E-state index < -0.39 is 0 Å². The summed E-state index contributed by atoms with van der Waals surface area (Å²) < 4.78 is 10.8. The molecule has 4 rings (SSSR count). The van der Waals surface area contributed by atoms with Crippen molar-refractivity contribution >= 4 is 17.2 Å². The lowest BCUT2D eigenvalue weighted by molar-refractivity contribution is -0.136. The zero-order valence-corrected chi connectivity index (χ0v) is 13.8. The minimum absolute atomic E-state index is 0.112. The van der Waals surface area contributed by atoms with Crippen molar-refractivity contribution in [3.05, 3.63) is 28.3 Å². The van der Waals surface area contributed by atoms with Gasteiger partial charge >= 0.3 is 0 Å². The van der Waals surface area contributed by atoms with Gasteiger partial charge in [0, 0.05) is 30.1 Å². The number of aryl methyl sites for hydroxylation is 1. The smallest absolute Gasteiger partial charge is 0.228 e. The van der Waals surface area contributed by atoms with E-state index in [0.29, 0.717) is 24.4 Å². The second-order valence-electron chi connectivity index (χ2n) is 6.11. The van der Waals surface area contributed by atoms with Crippen molar-refractivity contribution in [2.45, 2.75) is 25.4 Å². The molecule has 0 unspecified atom stereocenters. The number of oxazole rings is 1. The van der Waals surface area contributed by atoms with Crippen LogP contribution in [0.4, 0.5) is 0 Å². The van der Waals surface area contributed by atoms with Crippen molar-refractivity contribution in [2.75, 3.05) is 26.3 Å². The number of ether oxygens (including phenoxy) is 1. The number of hydrogen-bond acceptors (Lipinski definition) is 6. The molecule has 0 aromatic carbocycles. The van der Waals surface area contributed by atoms with Gasteiger partial charge in [-0.15, -0.1) is 0 Å². The maximum atomic E-state index is 12.4. The van der Waals surface area contributed by atoms with E-state index in [0.717, 1.165) is 43.3 Å². The Balaban J connectivity index is 1.32. The number of carbonyl (C=O) groups is 1. The highest BCUT2D eigenvalue weighted by Crippen LogP contribution is 2.24. The van der Waals surface area contributed by atoms with Gasteiger partial charge in [-0.25, -0.2) is 4.98 Å². The summed E-state index contributed by atoms with van der Waals surface area (Å²) in [4.78, 5) is 18.7. The first kappa shape index (κ1) is 14.9. The molecule has 4 heterocycles. The number of hydrogen-bond donors (Lipinski definition) is 1. The third-order valence-corrected chi connectivity index (χ3v) is 5.01. The molecule has 0 bridgehead atoms. The van der Waals surface area contributed by atoms with E-state index in [1.807, 2.05) is 28.7 Å².